The number of carboxylic acid groups (broad SMARTS) is 1. The Kier molecular flexibility index (Phi) is 3.04. The Morgan fingerprint density at radius 2 is 2.21 bits per heavy atom. The van der Waals surface area contributed by atoms with Crippen LogP contribution >= 0.6 is 15.9 Å². The number of nitrogens with zero attached hydrogens (tertiary/aromatic N) is 1. The van der Waals surface area contributed by atoms with Crippen LogP contribution in [0.3, 0.4) is 0 Å². The molecule has 0 amide bonds. The molecule has 0 unspecified atom stereocenters. The van der Waals surface area contributed by atoms with Gasteiger partial charge >= 0.3 is 5.97 Å². The van der Waals surface area contributed by atoms with Gasteiger partial charge in [0, 0.05) is 16.2 Å². The van der Waals surface area contributed by atoms with Crippen LogP contribution in [0.5, 0.6) is 0 Å². The van der Waals surface area contributed by atoms with E-state index < -0.39 is 5.97 Å². The van der Waals surface area contributed by atoms with E-state index in [9.17, 15) is 4.79 Å². The highest BCUT2D eigenvalue weighted by Crippen LogP contribution is 2.26. The molecule has 1 heterocycles. The SMILES string of the molecule is CCC(C)(C)n1cc(Br)cc1C(=O)O. The van der Waals surface area contributed by atoms with Crippen molar-refractivity contribution in [3.63, 3.8) is 0 Å². The third-order valence-electron chi connectivity index (χ3n) is 2.52. The van der Waals surface area contributed by atoms with Gasteiger partial charge in [-0.15, -0.1) is 0 Å². The van der Waals surface area contributed by atoms with Crippen LogP contribution < -0.4 is 0 Å². The number of hydrogen-bond acceptors (Lipinski definition) is 1. The van der Waals surface area contributed by atoms with Gasteiger partial charge in [0.25, 0.3) is 0 Å². The Morgan fingerprint density at radius 3 is 2.64 bits per heavy atom. The van der Waals surface area contributed by atoms with Crippen molar-refractivity contribution in [1.29, 1.82) is 0 Å². The Hall–Kier alpha value is -0.770. The monoisotopic (exact) mass is 259 g/mol. The van der Waals surface area contributed by atoms with E-state index in [4.69, 9.17) is 5.11 Å². The molecular weight excluding hydrogens is 246 g/mol. The molecule has 0 aliphatic rings. The van der Waals surface area contributed by atoms with Gasteiger partial charge in [-0.05, 0) is 42.3 Å². The first kappa shape index (κ1) is 11.3. The number of aromatic carboxylic acids is 1. The molecule has 78 valence electrons. The number of halogens is 1. The van der Waals surface area contributed by atoms with Crippen LogP contribution in [-0.4, -0.2) is 15.6 Å². The molecule has 1 aromatic rings. The van der Waals surface area contributed by atoms with E-state index in [1.165, 1.54) is 0 Å². The summed E-state index contributed by atoms with van der Waals surface area (Å²) in [4.78, 5) is 11.0. The van der Waals surface area contributed by atoms with Crippen LogP contribution in [0.2, 0.25) is 0 Å². The maximum Gasteiger partial charge on any atom is 0.352 e. The minimum atomic E-state index is -0.891. The van der Waals surface area contributed by atoms with Crippen molar-refractivity contribution in [1.82, 2.24) is 4.57 Å². The van der Waals surface area contributed by atoms with Crippen molar-refractivity contribution in [2.75, 3.05) is 0 Å². The number of carboxylic acids is 1. The maximum absolute atomic E-state index is 11.0. The molecule has 0 aliphatic heterocycles. The van der Waals surface area contributed by atoms with Crippen molar-refractivity contribution in [3.05, 3.63) is 22.4 Å². The van der Waals surface area contributed by atoms with Crippen molar-refractivity contribution >= 4 is 21.9 Å². The summed E-state index contributed by atoms with van der Waals surface area (Å²) in [5, 5.41) is 9.00. The second-order valence-electron chi connectivity index (χ2n) is 3.88. The largest absolute Gasteiger partial charge is 0.477 e. The van der Waals surface area contributed by atoms with E-state index in [0.717, 1.165) is 10.9 Å². The second kappa shape index (κ2) is 3.77. The Labute approximate surface area is 91.9 Å². The zero-order chi connectivity index (χ0) is 10.9. The van der Waals surface area contributed by atoms with Gasteiger partial charge in [0.1, 0.15) is 5.69 Å². The fraction of sp³-hybridized carbons (Fsp3) is 0.500. The smallest absolute Gasteiger partial charge is 0.352 e. The summed E-state index contributed by atoms with van der Waals surface area (Å²) >= 11 is 3.29. The predicted octanol–water partition coefficient (Wildman–Crippen LogP) is 3.09. The van der Waals surface area contributed by atoms with E-state index in [2.05, 4.69) is 15.9 Å². The van der Waals surface area contributed by atoms with Gasteiger partial charge in [-0.3, -0.25) is 0 Å². The average Bonchev–Trinajstić information content (AvgIpc) is 2.48. The third kappa shape index (κ3) is 2.00. The lowest BCUT2D eigenvalue weighted by Gasteiger charge is -2.26. The van der Waals surface area contributed by atoms with Gasteiger partial charge in [-0.1, -0.05) is 6.92 Å². The Morgan fingerprint density at radius 1 is 1.64 bits per heavy atom. The molecular formula is C10H14BrNO2. The van der Waals surface area contributed by atoms with Crippen LogP contribution in [0, 0.1) is 0 Å². The first-order valence-corrected chi connectivity index (χ1v) is 5.29. The average molecular weight is 260 g/mol. The van der Waals surface area contributed by atoms with Gasteiger partial charge < -0.3 is 9.67 Å². The van der Waals surface area contributed by atoms with Gasteiger partial charge in [-0.2, -0.15) is 0 Å². The van der Waals surface area contributed by atoms with Gasteiger partial charge in [0.2, 0.25) is 0 Å². The van der Waals surface area contributed by atoms with Crippen LogP contribution in [0.1, 0.15) is 37.7 Å². The van der Waals surface area contributed by atoms with Crippen molar-refractivity contribution in [2.45, 2.75) is 32.7 Å². The lowest BCUT2D eigenvalue weighted by Crippen LogP contribution is -2.27. The lowest BCUT2D eigenvalue weighted by atomic mass is 10.0. The summed E-state index contributed by atoms with van der Waals surface area (Å²) in [7, 11) is 0. The molecule has 0 bridgehead atoms. The highest BCUT2D eigenvalue weighted by Gasteiger charge is 2.23. The highest BCUT2D eigenvalue weighted by atomic mass is 79.9. The highest BCUT2D eigenvalue weighted by molar-refractivity contribution is 9.10. The molecule has 0 aliphatic carbocycles. The molecule has 1 aromatic heterocycles. The summed E-state index contributed by atoms with van der Waals surface area (Å²) < 4.78 is 2.59. The zero-order valence-electron chi connectivity index (χ0n) is 8.54. The summed E-state index contributed by atoms with van der Waals surface area (Å²) in [5.41, 5.74) is 0.156. The molecule has 0 saturated heterocycles. The van der Waals surface area contributed by atoms with Crippen LogP contribution in [0.15, 0.2) is 16.7 Å². The number of rotatable bonds is 3. The van der Waals surface area contributed by atoms with Crippen molar-refractivity contribution in [2.24, 2.45) is 0 Å². The van der Waals surface area contributed by atoms with E-state index in [1.54, 1.807) is 10.6 Å². The predicted molar refractivity (Wildman–Crippen MR) is 58.7 cm³/mol. The van der Waals surface area contributed by atoms with E-state index in [-0.39, 0.29) is 5.54 Å². The van der Waals surface area contributed by atoms with Gasteiger partial charge in [0.05, 0.1) is 0 Å². The number of carbonyl (C=O) groups is 1. The van der Waals surface area contributed by atoms with E-state index in [0.29, 0.717) is 5.69 Å². The van der Waals surface area contributed by atoms with E-state index in [1.807, 2.05) is 27.0 Å². The van der Waals surface area contributed by atoms with Crippen molar-refractivity contribution in [3.8, 4) is 0 Å². The van der Waals surface area contributed by atoms with E-state index >= 15 is 0 Å². The molecule has 14 heavy (non-hydrogen) atoms. The minimum absolute atomic E-state index is 0.167. The molecule has 0 atom stereocenters. The molecule has 3 nitrogen and oxygen atoms in total. The first-order valence-electron chi connectivity index (χ1n) is 4.50. The standard InChI is InChI=1S/C10H14BrNO2/c1-4-10(2,3)12-6-7(11)5-8(12)9(13)14/h5-6H,4H2,1-3H3,(H,13,14). The van der Waals surface area contributed by atoms with Crippen molar-refractivity contribution < 1.29 is 9.90 Å². The Bertz CT molecular complexity index is 355. The molecule has 1 N–H and O–H groups in total. The minimum Gasteiger partial charge on any atom is -0.477 e. The maximum atomic E-state index is 11.0. The van der Waals surface area contributed by atoms with Crippen LogP contribution in [-0.2, 0) is 5.54 Å². The fourth-order valence-electron chi connectivity index (χ4n) is 1.27. The molecule has 4 heteroatoms. The second-order valence-corrected chi connectivity index (χ2v) is 4.80. The third-order valence-corrected chi connectivity index (χ3v) is 2.96. The topological polar surface area (TPSA) is 42.2 Å². The van der Waals surface area contributed by atoms with Crippen LogP contribution in [0.4, 0.5) is 0 Å². The molecule has 1 rings (SSSR count). The molecule has 0 spiro atoms. The molecule has 0 radical (unpaired) electrons. The number of hydrogen-bond donors (Lipinski definition) is 1. The Balaban J connectivity index is 3.26. The number of aromatic nitrogens is 1. The normalized spacial score (nSPS) is 11.7. The summed E-state index contributed by atoms with van der Waals surface area (Å²) in [5.74, 6) is -0.891. The van der Waals surface area contributed by atoms with Gasteiger partial charge in [0.15, 0.2) is 0 Å². The fourth-order valence-corrected chi connectivity index (χ4v) is 1.69. The first-order chi connectivity index (χ1) is 6.38. The molecule has 0 saturated carbocycles. The van der Waals surface area contributed by atoms with Crippen LogP contribution in [0.25, 0.3) is 0 Å². The summed E-state index contributed by atoms with van der Waals surface area (Å²) in [6, 6.07) is 1.62. The quantitative estimate of drug-likeness (QED) is 0.907. The molecule has 0 fully saturated rings. The molecule has 0 aromatic carbocycles. The zero-order valence-corrected chi connectivity index (χ0v) is 10.1. The summed E-state index contributed by atoms with van der Waals surface area (Å²) in [6.45, 7) is 6.08. The summed E-state index contributed by atoms with van der Waals surface area (Å²) in [6.07, 6.45) is 2.70. The lowest BCUT2D eigenvalue weighted by molar-refractivity contribution is 0.0676. The van der Waals surface area contributed by atoms with Gasteiger partial charge in [-0.25, -0.2) is 4.79 Å².